The number of halogens is 1. The van der Waals surface area contributed by atoms with Crippen LogP contribution in [0.4, 0.5) is 16.2 Å². The van der Waals surface area contributed by atoms with Crippen molar-refractivity contribution in [1.29, 1.82) is 0 Å². The lowest BCUT2D eigenvalue weighted by molar-refractivity contribution is -0.115. The van der Waals surface area contributed by atoms with Gasteiger partial charge in [-0.1, -0.05) is 28.1 Å². The number of anilines is 2. The van der Waals surface area contributed by atoms with E-state index in [0.717, 1.165) is 15.6 Å². The molecule has 0 aliphatic rings. The van der Waals surface area contributed by atoms with Crippen molar-refractivity contribution in [2.75, 3.05) is 17.2 Å². The molecule has 0 spiro atoms. The summed E-state index contributed by atoms with van der Waals surface area (Å²) in [6, 6.07) is 12.2. The Morgan fingerprint density at radius 1 is 1.00 bits per heavy atom. The highest BCUT2D eigenvalue weighted by molar-refractivity contribution is 9.10. The molecule has 0 bridgehead atoms. The molecule has 27 heavy (non-hydrogen) atoms. The second-order valence-electron chi connectivity index (χ2n) is 5.93. The molecule has 4 amide bonds. The van der Waals surface area contributed by atoms with E-state index in [1.807, 2.05) is 25.1 Å². The minimum Gasteiger partial charge on any atom is -0.334 e. The third kappa shape index (κ3) is 7.10. The van der Waals surface area contributed by atoms with Gasteiger partial charge in [-0.05, 0) is 48.4 Å². The van der Waals surface area contributed by atoms with Gasteiger partial charge >= 0.3 is 6.03 Å². The number of hydrogen-bond acceptors (Lipinski definition) is 3. The number of nitrogens with one attached hydrogen (secondary N) is 4. The molecule has 7 nitrogen and oxygen atoms in total. The minimum atomic E-state index is -0.456. The van der Waals surface area contributed by atoms with E-state index in [2.05, 4.69) is 37.2 Å². The van der Waals surface area contributed by atoms with E-state index < -0.39 is 6.03 Å². The number of amides is 4. The summed E-state index contributed by atoms with van der Waals surface area (Å²) >= 11 is 3.37. The lowest BCUT2D eigenvalue weighted by Gasteiger charge is -2.11. The maximum absolute atomic E-state index is 12.0. The summed E-state index contributed by atoms with van der Waals surface area (Å²) in [6.45, 7) is 3.44. The van der Waals surface area contributed by atoms with Crippen molar-refractivity contribution in [3.63, 3.8) is 0 Å². The molecule has 0 aromatic heterocycles. The monoisotopic (exact) mass is 432 g/mol. The summed E-state index contributed by atoms with van der Waals surface area (Å²) in [5, 5.41) is 10.6. The average Bonchev–Trinajstić information content (AvgIpc) is 2.60. The molecule has 8 heteroatoms. The van der Waals surface area contributed by atoms with E-state index in [1.54, 1.807) is 24.3 Å². The van der Waals surface area contributed by atoms with Crippen LogP contribution in [0.15, 0.2) is 46.9 Å². The molecule has 0 aliphatic heterocycles. The van der Waals surface area contributed by atoms with Crippen LogP contribution in [0.2, 0.25) is 0 Å². The summed E-state index contributed by atoms with van der Waals surface area (Å²) in [5.41, 5.74) is 3.10. The molecule has 2 rings (SSSR count). The van der Waals surface area contributed by atoms with Crippen molar-refractivity contribution in [3.05, 3.63) is 58.1 Å². The Morgan fingerprint density at radius 2 is 1.78 bits per heavy atom. The molecule has 142 valence electrons. The quantitative estimate of drug-likeness (QED) is 0.563. The molecule has 0 heterocycles. The van der Waals surface area contributed by atoms with Crippen molar-refractivity contribution >= 4 is 45.2 Å². The topological polar surface area (TPSA) is 99.3 Å². The summed E-state index contributed by atoms with van der Waals surface area (Å²) in [5.74, 6) is -0.479. The highest BCUT2D eigenvalue weighted by Gasteiger charge is 2.08. The van der Waals surface area contributed by atoms with Gasteiger partial charge in [0.1, 0.15) is 0 Å². The van der Waals surface area contributed by atoms with Gasteiger partial charge in [-0.15, -0.1) is 0 Å². The molecule has 0 saturated heterocycles. The largest absolute Gasteiger partial charge is 0.334 e. The third-order valence-electron chi connectivity index (χ3n) is 3.57. The zero-order chi connectivity index (χ0) is 19.8. The van der Waals surface area contributed by atoms with Crippen LogP contribution < -0.4 is 21.3 Å². The van der Waals surface area contributed by atoms with Crippen molar-refractivity contribution in [1.82, 2.24) is 10.6 Å². The van der Waals surface area contributed by atoms with E-state index in [9.17, 15) is 14.4 Å². The zero-order valence-corrected chi connectivity index (χ0v) is 16.6. The summed E-state index contributed by atoms with van der Waals surface area (Å²) < 4.78 is 0.929. The van der Waals surface area contributed by atoms with Crippen molar-refractivity contribution < 1.29 is 14.4 Å². The second-order valence-corrected chi connectivity index (χ2v) is 6.84. The third-order valence-corrected chi connectivity index (χ3v) is 4.07. The first kappa shape index (κ1) is 20.4. The second kappa shape index (κ2) is 9.72. The number of carbonyl (C=O) groups is 3. The Bertz CT molecular complexity index is 855. The minimum absolute atomic E-state index is 0.146. The number of rotatable bonds is 6. The maximum Gasteiger partial charge on any atom is 0.315 e. The van der Waals surface area contributed by atoms with Crippen LogP contribution in [0.5, 0.6) is 0 Å². The Morgan fingerprint density at radius 3 is 2.48 bits per heavy atom. The summed E-state index contributed by atoms with van der Waals surface area (Å²) in [7, 11) is 0. The van der Waals surface area contributed by atoms with Gasteiger partial charge < -0.3 is 21.3 Å². The molecule has 0 unspecified atom stereocenters. The van der Waals surface area contributed by atoms with Crippen LogP contribution in [0.1, 0.15) is 18.1 Å². The van der Waals surface area contributed by atoms with E-state index in [4.69, 9.17) is 0 Å². The fraction of sp³-hybridized carbons (Fsp3) is 0.211. The van der Waals surface area contributed by atoms with Crippen molar-refractivity contribution in [3.8, 4) is 0 Å². The van der Waals surface area contributed by atoms with Crippen molar-refractivity contribution in [2.24, 2.45) is 0 Å². The normalized spacial score (nSPS) is 10.0. The Hall–Kier alpha value is -2.87. The standard InChI is InChI=1S/C19H21BrN4O3/c1-12-8-15(20)6-7-17(12)24-18(26)11-22-19(27)21-10-14-4-3-5-16(9-14)23-13(2)25/h3-9H,10-11H2,1-2H3,(H,23,25)(H,24,26)(H2,21,22,27). The number of benzene rings is 2. The van der Waals surface area contributed by atoms with E-state index >= 15 is 0 Å². The number of aryl methyl sites for hydroxylation is 1. The SMILES string of the molecule is CC(=O)Nc1cccc(CNC(=O)NCC(=O)Nc2ccc(Br)cc2C)c1. The Kier molecular flexibility index (Phi) is 7.36. The molecular formula is C19H21BrN4O3. The fourth-order valence-electron chi connectivity index (χ4n) is 2.33. The highest BCUT2D eigenvalue weighted by Crippen LogP contribution is 2.19. The Labute approximate surface area is 166 Å². The van der Waals surface area contributed by atoms with Crippen LogP contribution in [-0.2, 0) is 16.1 Å². The van der Waals surface area contributed by atoms with Gasteiger partial charge in [0.15, 0.2) is 0 Å². The molecular weight excluding hydrogens is 412 g/mol. The molecule has 0 fully saturated rings. The molecule has 0 radical (unpaired) electrons. The molecule has 2 aromatic carbocycles. The van der Waals surface area contributed by atoms with Gasteiger partial charge in [0.05, 0.1) is 6.54 Å². The van der Waals surface area contributed by atoms with Gasteiger partial charge in [0.25, 0.3) is 0 Å². The van der Waals surface area contributed by atoms with Gasteiger partial charge in [-0.3, -0.25) is 9.59 Å². The predicted octanol–water partition coefficient (Wildman–Crippen LogP) is 3.15. The van der Waals surface area contributed by atoms with Crippen LogP contribution in [0.3, 0.4) is 0 Å². The number of hydrogen-bond donors (Lipinski definition) is 4. The lowest BCUT2D eigenvalue weighted by atomic mass is 10.2. The number of urea groups is 1. The molecule has 0 atom stereocenters. The smallest absolute Gasteiger partial charge is 0.315 e. The van der Waals surface area contributed by atoms with Gasteiger partial charge in [-0.25, -0.2) is 4.79 Å². The van der Waals surface area contributed by atoms with E-state index in [1.165, 1.54) is 6.92 Å². The van der Waals surface area contributed by atoms with Gasteiger partial charge in [-0.2, -0.15) is 0 Å². The molecule has 0 aliphatic carbocycles. The van der Waals surface area contributed by atoms with Crippen molar-refractivity contribution in [2.45, 2.75) is 20.4 Å². The predicted molar refractivity (Wildman–Crippen MR) is 108 cm³/mol. The number of carbonyl (C=O) groups excluding carboxylic acids is 3. The van der Waals surface area contributed by atoms with Gasteiger partial charge in [0.2, 0.25) is 11.8 Å². The first-order valence-electron chi connectivity index (χ1n) is 8.27. The fourth-order valence-corrected chi connectivity index (χ4v) is 2.80. The highest BCUT2D eigenvalue weighted by atomic mass is 79.9. The zero-order valence-electron chi connectivity index (χ0n) is 15.1. The molecule has 4 N–H and O–H groups in total. The molecule has 0 saturated carbocycles. The Balaban J connectivity index is 1.77. The lowest BCUT2D eigenvalue weighted by Crippen LogP contribution is -2.39. The molecule has 2 aromatic rings. The van der Waals surface area contributed by atoms with E-state index in [0.29, 0.717) is 11.4 Å². The maximum atomic E-state index is 12.0. The van der Waals surface area contributed by atoms with Gasteiger partial charge in [0, 0.05) is 29.3 Å². The van der Waals surface area contributed by atoms with Crippen LogP contribution in [-0.4, -0.2) is 24.4 Å². The first-order chi connectivity index (χ1) is 12.8. The summed E-state index contributed by atoms with van der Waals surface area (Å²) in [4.78, 5) is 34.9. The van der Waals surface area contributed by atoms with Crippen LogP contribution in [0, 0.1) is 6.92 Å². The summed E-state index contributed by atoms with van der Waals surface area (Å²) in [6.07, 6.45) is 0. The van der Waals surface area contributed by atoms with Crippen LogP contribution >= 0.6 is 15.9 Å². The average molecular weight is 433 g/mol. The first-order valence-corrected chi connectivity index (χ1v) is 9.07. The van der Waals surface area contributed by atoms with E-state index in [-0.39, 0.29) is 24.9 Å². The van der Waals surface area contributed by atoms with Crippen LogP contribution in [0.25, 0.3) is 0 Å².